The van der Waals surface area contributed by atoms with Crippen molar-refractivity contribution in [2.45, 2.75) is 39.1 Å². The molecule has 1 atom stereocenters. The van der Waals surface area contributed by atoms with Gasteiger partial charge in [0.2, 0.25) is 0 Å². The van der Waals surface area contributed by atoms with Crippen LogP contribution in [0.4, 0.5) is 0 Å². The van der Waals surface area contributed by atoms with Gasteiger partial charge in [0.1, 0.15) is 0 Å². The van der Waals surface area contributed by atoms with Gasteiger partial charge in [0.15, 0.2) is 0 Å². The molecule has 0 aliphatic rings. The Labute approximate surface area is 119 Å². The van der Waals surface area contributed by atoms with Crippen LogP contribution < -0.4 is 5.32 Å². The Balaban J connectivity index is 1.89. The number of ether oxygens (including phenoxy) is 2. The van der Waals surface area contributed by atoms with E-state index in [2.05, 4.69) is 5.32 Å². The molecule has 1 aromatic heterocycles. The van der Waals surface area contributed by atoms with Gasteiger partial charge in [0.05, 0.1) is 25.4 Å². The van der Waals surface area contributed by atoms with Crippen LogP contribution in [0.15, 0.2) is 17.5 Å². The molecule has 0 saturated heterocycles. The first-order valence-corrected chi connectivity index (χ1v) is 7.67. The molecule has 0 radical (unpaired) electrons. The Hall–Kier alpha value is -0.460. The molecule has 0 aromatic carbocycles. The Morgan fingerprint density at radius 2 is 2.26 bits per heavy atom. The Bertz CT molecular complexity index is 304. The molecule has 0 saturated carbocycles. The monoisotopic (exact) mass is 287 g/mol. The van der Waals surface area contributed by atoms with Crippen molar-refractivity contribution in [2.24, 2.45) is 0 Å². The average Bonchev–Trinajstić information content (AvgIpc) is 2.86. The summed E-state index contributed by atoms with van der Waals surface area (Å²) in [6.07, 6.45) is 0.795. The number of nitrogens with one attached hydrogen (secondary N) is 1. The van der Waals surface area contributed by atoms with Gasteiger partial charge in [0, 0.05) is 18.0 Å². The zero-order chi connectivity index (χ0) is 13.9. The maximum Gasteiger partial charge on any atom is 0.0897 e. The molecule has 4 nitrogen and oxygen atoms in total. The van der Waals surface area contributed by atoms with Crippen LogP contribution in [0.2, 0.25) is 0 Å². The third-order valence-corrected chi connectivity index (χ3v) is 3.31. The van der Waals surface area contributed by atoms with Gasteiger partial charge in [-0.3, -0.25) is 0 Å². The minimum absolute atomic E-state index is 0.288. The quantitative estimate of drug-likeness (QED) is 0.612. The molecule has 5 heteroatoms. The summed E-state index contributed by atoms with van der Waals surface area (Å²) in [5.74, 6) is 0. The summed E-state index contributed by atoms with van der Waals surface area (Å²) in [7, 11) is 0. The van der Waals surface area contributed by atoms with E-state index in [1.54, 1.807) is 11.3 Å². The molecular weight excluding hydrogens is 262 g/mol. The smallest absolute Gasteiger partial charge is 0.0897 e. The number of hydrogen-bond donors (Lipinski definition) is 2. The van der Waals surface area contributed by atoms with E-state index in [1.165, 1.54) is 4.88 Å². The van der Waals surface area contributed by atoms with E-state index in [9.17, 15) is 5.11 Å². The minimum Gasteiger partial charge on any atom is -0.389 e. The van der Waals surface area contributed by atoms with Crippen LogP contribution in [0.25, 0.3) is 0 Å². The number of hydrogen-bond acceptors (Lipinski definition) is 5. The lowest BCUT2D eigenvalue weighted by Gasteiger charge is -2.12. The Morgan fingerprint density at radius 1 is 1.42 bits per heavy atom. The number of rotatable bonds is 11. The maximum absolute atomic E-state index is 9.71. The zero-order valence-corrected chi connectivity index (χ0v) is 12.6. The van der Waals surface area contributed by atoms with Gasteiger partial charge in [-0.05, 0) is 38.3 Å². The fourth-order valence-corrected chi connectivity index (χ4v) is 2.17. The average molecular weight is 287 g/mol. The van der Waals surface area contributed by atoms with Gasteiger partial charge in [-0.25, -0.2) is 0 Å². The van der Waals surface area contributed by atoms with Crippen LogP contribution in [-0.4, -0.2) is 43.6 Å². The molecule has 0 aliphatic heterocycles. The zero-order valence-electron chi connectivity index (χ0n) is 11.8. The first-order valence-electron chi connectivity index (χ1n) is 6.79. The molecule has 0 fully saturated rings. The van der Waals surface area contributed by atoms with E-state index in [4.69, 9.17) is 9.47 Å². The molecule has 0 spiro atoms. The van der Waals surface area contributed by atoms with Gasteiger partial charge < -0.3 is 19.9 Å². The van der Waals surface area contributed by atoms with Crippen molar-refractivity contribution in [1.82, 2.24) is 5.32 Å². The molecule has 2 N–H and O–H groups in total. The predicted molar refractivity (Wildman–Crippen MR) is 78.6 cm³/mol. The summed E-state index contributed by atoms with van der Waals surface area (Å²) < 4.78 is 10.9. The summed E-state index contributed by atoms with van der Waals surface area (Å²) in [6.45, 7) is 7.19. The fourth-order valence-electron chi connectivity index (χ4n) is 1.53. The predicted octanol–water partition coefficient (Wildman–Crippen LogP) is 2.03. The van der Waals surface area contributed by atoms with Crippen molar-refractivity contribution in [2.75, 3.05) is 26.3 Å². The lowest BCUT2D eigenvalue weighted by molar-refractivity contribution is 0.0292. The van der Waals surface area contributed by atoms with E-state index in [-0.39, 0.29) is 6.10 Å². The van der Waals surface area contributed by atoms with Gasteiger partial charge in [-0.1, -0.05) is 6.07 Å². The first kappa shape index (κ1) is 16.6. The molecule has 110 valence electrons. The van der Waals surface area contributed by atoms with Crippen LogP contribution in [0, 0.1) is 0 Å². The highest BCUT2D eigenvalue weighted by atomic mass is 32.1. The molecule has 1 heterocycles. The standard InChI is InChI=1S/C14H25NO3S/c1-12(2)18-7-4-6-15-9-13(16)10-17-11-14-5-3-8-19-14/h3,5,8,12-13,15-16H,4,6-7,9-11H2,1-2H3. The summed E-state index contributed by atoms with van der Waals surface area (Å²) >= 11 is 1.67. The molecular formula is C14H25NO3S. The SMILES string of the molecule is CC(C)OCCCNCC(O)COCc1cccs1. The van der Waals surface area contributed by atoms with Gasteiger partial charge in [-0.2, -0.15) is 0 Å². The third kappa shape index (κ3) is 9.13. The highest BCUT2D eigenvalue weighted by Gasteiger charge is 2.04. The maximum atomic E-state index is 9.71. The number of thiophene rings is 1. The van der Waals surface area contributed by atoms with E-state index in [1.807, 2.05) is 31.4 Å². The number of aliphatic hydroxyl groups excluding tert-OH is 1. The van der Waals surface area contributed by atoms with Crippen molar-refractivity contribution in [3.63, 3.8) is 0 Å². The van der Waals surface area contributed by atoms with Crippen molar-refractivity contribution >= 4 is 11.3 Å². The second kappa shape index (κ2) is 10.3. The topological polar surface area (TPSA) is 50.7 Å². The summed E-state index contributed by atoms with van der Waals surface area (Å²) in [5, 5.41) is 14.9. The lowest BCUT2D eigenvalue weighted by Crippen LogP contribution is -2.31. The molecule has 1 aromatic rings. The molecule has 1 rings (SSSR count). The minimum atomic E-state index is -0.453. The van der Waals surface area contributed by atoms with Crippen LogP contribution >= 0.6 is 11.3 Å². The molecule has 0 amide bonds. The molecule has 1 unspecified atom stereocenters. The van der Waals surface area contributed by atoms with Crippen LogP contribution in [-0.2, 0) is 16.1 Å². The van der Waals surface area contributed by atoms with Crippen molar-refractivity contribution < 1.29 is 14.6 Å². The Morgan fingerprint density at radius 3 is 2.95 bits per heavy atom. The highest BCUT2D eigenvalue weighted by molar-refractivity contribution is 7.09. The fraction of sp³-hybridized carbons (Fsp3) is 0.714. The van der Waals surface area contributed by atoms with E-state index < -0.39 is 6.10 Å². The lowest BCUT2D eigenvalue weighted by atomic mass is 10.3. The molecule has 0 aliphatic carbocycles. The number of aliphatic hydroxyl groups is 1. The van der Waals surface area contributed by atoms with Crippen LogP contribution in [0.3, 0.4) is 0 Å². The first-order chi connectivity index (χ1) is 9.18. The largest absolute Gasteiger partial charge is 0.389 e. The van der Waals surface area contributed by atoms with Crippen LogP contribution in [0.5, 0.6) is 0 Å². The molecule has 0 bridgehead atoms. The van der Waals surface area contributed by atoms with Crippen molar-refractivity contribution in [3.8, 4) is 0 Å². The van der Waals surface area contributed by atoms with E-state index in [0.717, 1.165) is 19.6 Å². The third-order valence-electron chi connectivity index (χ3n) is 2.46. The second-order valence-corrected chi connectivity index (χ2v) is 5.76. The summed E-state index contributed by atoms with van der Waals surface area (Å²) in [6, 6.07) is 4.03. The summed E-state index contributed by atoms with van der Waals surface area (Å²) in [5.41, 5.74) is 0. The van der Waals surface area contributed by atoms with Gasteiger partial charge >= 0.3 is 0 Å². The highest BCUT2D eigenvalue weighted by Crippen LogP contribution is 2.09. The van der Waals surface area contributed by atoms with Gasteiger partial charge in [-0.15, -0.1) is 11.3 Å². The Kier molecular flexibility index (Phi) is 9.03. The molecule has 19 heavy (non-hydrogen) atoms. The van der Waals surface area contributed by atoms with E-state index in [0.29, 0.717) is 19.8 Å². The van der Waals surface area contributed by atoms with E-state index >= 15 is 0 Å². The van der Waals surface area contributed by atoms with Crippen molar-refractivity contribution in [3.05, 3.63) is 22.4 Å². The van der Waals surface area contributed by atoms with Gasteiger partial charge in [0.25, 0.3) is 0 Å². The normalized spacial score (nSPS) is 13.1. The second-order valence-electron chi connectivity index (χ2n) is 4.73. The summed E-state index contributed by atoms with van der Waals surface area (Å²) in [4.78, 5) is 1.19. The van der Waals surface area contributed by atoms with Crippen molar-refractivity contribution in [1.29, 1.82) is 0 Å². The van der Waals surface area contributed by atoms with Crippen LogP contribution in [0.1, 0.15) is 25.1 Å².